The number of imidazole rings is 1. The molecule has 2 nitrogen and oxygen atoms in total. The highest BCUT2D eigenvalue weighted by Gasteiger charge is 2.14. The molecule has 0 aliphatic rings. The molecule has 0 radical (unpaired) electrons. The van der Waals surface area contributed by atoms with E-state index < -0.39 is 0 Å². The van der Waals surface area contributed by atoms with Crippen molar-refractivity contribution >= 4 is 11.0 Å². The van der Waals surface area contributed by atoms with Gasteiger partial charge in [0.15, 0.2) is 11.0 Å². The summed E-state index contributed by atoms with van der Waals surface area (Å²) in [5.41, 5.74) is 2.82. The average Bonchev–Trinajstić information content (AvgIpc) is 3.04. The molecule has 0 fully saturated rings. The van der Waals surface area contributed by atoms with Crippen molar-refractivity contribution in [1.29, 1.82) is 0 Å². The lowest BCUT2D eigenvalue weighted by Crippen LogP contribution is -3.00. The first-order valence-corrected chi connectivity index (χ1v) is 11.8. The molecule has 160 valence electrons. The lowest BCUT2D eigenvalue weighted by molar-refractivity contribution is -0.672. The first-order valence-electron chi connectivity index (χ1n) is 11.8. The summed E-state index contributed by atoms with van der Waals surface area (Å²) in [6, 6.07) is 8.94. The van der Waals surface area contributed by atoms with Gasteiger partial charge in [0.2, 0.25) is 6.33 Å². The van der Waals surface area contributed by atoms with Gasteiger partial charge in [0, 0.05) is 0 Å². The Balaban J connectivity index is 0.00000392. The molecule has 1 aromatic carbocycles. The molecule has 0 unspecified atom stereocenters. The van der Waals surface area contributed by atoms with Gasteiger partial charge in [-0.3, -0.25) is 0 Å². The summed E-state index contributed by atoms with van der Waals surface area (Å²) in [6.45, 7) is 6.91. The largest absolute Gasteiger partial charge is 1.00 e. The second-order valence-corrected chi connectivity index (χ2v) is 8.23. The zero-order valence-electron chi connectivity index (χ0n) is 18.5. The number of hydrogen-bond donors (Lipinski definition) is 0. The number of nitrogens with zero attached hydrogens (tertiary/aromatic N) is 2. The molecular weight excluding hydrogens is 408 g/mol. The van der Waals surface area contributed by atoms with Gasteiger partial charge in [-0.1, -0.05) is 90.2 Å². The molecule has 28 heavy (non-hydrogen) atoms. The maximum atomic E-state index is 2.49. The topological polar surface area (TPSA) is 8.81 Å². The molecule has 0 saturated heterocycles. The van der Waals surface area contributed by atoms with Crippen LogP contribution in [0.4, 0.5) is 0 Å². The highest BCUT2D eigenvalue weighted by atomic mass is 79.9. The van der Waals surface area contributed by atoms with Crippen LogP contribution < -0.4 is 21.5 Å². The van der Waals surface area contributed by atoms with Crippen molar-refractivity contribution in [3.63, 3.8) is 0 Å². The molecule has 0 aliphatic carbocycles. The van der Waals surface area contributed by atoms with Gasteiger partial charge in [-0.15, -0.1) is 0 Å². The van der Waals surface area contributed by atoms with Crippen molar-refractivity contribution < 1.29 is 21.5 Å². The van der Waals surface area contributed by atoms with Gasteiger partial charge in [-0.05, 0) is 37.8 Å². The van der Waals surface area contributed by atoms with Crippen molar-refractivity contribution in [3.05, 3.63) is 30.6 Å². The number of para-hydroxylation sites is 2. The van der Waals surface area contributed by atoms with Crippen LogP contribution in [0.25, 0.3) is 11.0 Å². The molecule has 2 rings (SSSR count). The zero-order chi connectivity index (χ0) is 19.2. The highest BCUT2D eigenvalue weighted by Crippen LogP contribution is 2.14. The molecule has 3 heteroatoms. The molecule has 0 saturated carbocycles. The summed E-state index contributed by atoms with van der Waals surface area (Å²) in [5, 5.41) is 0. The van der Waals surface area contributed by atoms with E-state index >= 15 is 0 Å². The van der Waals surface area contributed by atoms with Crippen LogP contribution in [0.15, 0.2) is 30.6 Å². The minimum atomic E-state index is 0. The number of rotatable bonds is 16. The maximum Gasteiger partial charge on any atom is 0.244 e. The van der Waals surface area contributed by atoms with E-state index in [0.717, 1.165) is 13.1 Å². The van der Waals surface area contributed by atoms with Crippen molar-refractivity contribution in [2.45, 2.75) is 117 Å². The summed E-state index contributed by atoms with van der Waals surface area (Å²) < 4.78 is 4.98. The van der Waals surface area contributed by atoms with E-state index in [9.17, 15) is 0 Å². The molecule has 0 aliphatic heterocycles. The van der Waals surface area contributed by atoms with E-state index in [1.165, 1.54) is 101 Å². The van der Waals surface area contributed by atoms with E-state index in [0.29, 0.717) is 0 Å². The first kappa shape index (κ1) is 25.2. The van der Waals surface area contributed by atoms with Crippen LogP contribution in [-0.2, 0) is 13.1 Å². The summed E-state index contributed by atoms with van der Waals surface area (Å²) >= 11 is 0. The fourth-order valence-electron chi connectivity index (χ4n) is 4.08. The summed E-state index contributed by atoms with van der Waals surface area (Å²) in [5.74, 6) is 0. The van der Waals surface area contributed by atoms with Gasteiger partial charge in [0.05, 0.1) is 13.1 Å². The minimum absolute atomic E-state index is 0. The fraction of sp³-hybridized carbons (Fsp3) is 0.720. The van der Waals surface area contributed by atoms with Crippen LogP contribution in [-0.4, -0.2) is 4.57 Å². The Hall–Kier alpha value is -0.830. The Morgan fingerprint density at radius 1 is 0.679 bits per heavy atom. The van der Waals surface area contributed by atoms with Crippen molar-refractivity contribution in [2.24, 2.45) is 0 Å². The number of unbranched alkanes of at least 4 members (excludes halogenated alkanes) is 12. The predicted molar refractivity (Wildman–Crippen MR) is 118 cm³/mol. The van der Waals surface area contributed by atoms with E-state index in [4.69, 9.17) is 0 Å². The molecular formula is C25H43BrN2. The number of hydrogen-bond acceptors (Lipinski definition) is 0. The van der Waals surface area contributed by atoms with E-state index in [2.05, 4.69) is 53.6 Å². The zero-order valence-corrected chi connectivity index (χ0v) is 20.1. The molecule has 0 bridgehead atoms. The van der Waals surface area contributed by atoms with E-state index in [1.807, 2.05) is 0 Å². The minimum Gasteiger partial charge on any atom is -1.00 e. The summed E-state index contributed by atoms with van der Waals surface area (Å²) in [4.78, 5) is 0. The molecule has 0 N–H and O–H groups in total. The monoisotopic (exact) mass is 450 g/mol. The van der Waals surface area contributed by atoms with Crippen molar-refractivity contribution in [3.8, 4) is 0 Å². The molecule has 1 aromatic heterocycles. The van der Waals surface area contributed by atoms with Crippen LogP contribution in [0.1, 0.15) is 104 Å². The quantitative estimate of drug-likeness (QED) is 0.264. The predicted octanol–water partition coefficient (Wildman–Crippen LogP) is 4.43. The summed E-state index contributed by atoms with van der Waals surface area (Å²) in [7, 11) is 0. The number of halogens is 1. The van der Waals surface area contributed by atoms with Crippen molar-refractivity contribution in [1.82, 2.24) is 4.57 Å². The van der Waals surface area contributed by atoms with Gasteiger partial charge in [-0.25, -0.2) is 9.13 Å². The van der Waals surface area contributed by atoms with E-state index in [1.54, 1.807) is 0 Å². The maximum absolute atomic E-state index is 2.49. The first-order chi connectivity index (χ1) is 13.4. The Morgan fingerprint density at radius 3 is 1.86 bits per heavy atom. The second-order valence-electron chi connectivity index (χ2n) is 8.23. The van der Waals surface area contributed by atoms with Crippen LogP contribution in [0.3, 0.4) is 0 Å². The normalized spacial score (nSPS) is 11.1. The van der Waals surface area contributed by atoms with Gasteiger partial charge in [0.25, 0.3) is 0 Å². The smallest absolute Gasteiger partial charge is 0.244 e. The fourth-order valence-corrected chi connectivity index (χ4v) is 4.08. The third kappa shape index (κ3) is 9.11. The van der Waals surface area contributed by atoms with Crippen LogP contribution in [0.2, 0.25) is 0 Å². The van der Waals surface area contributed by atoms with E-state index in [-0.39, 0.29) is 17.0 Å². The van der Waals surface area contributed by atoms with Gasteiger partial charge in [-0.2, -0.15) is 0 Å². The molecule has 0 atom stereocenters. The number of benzene rings is 1. The van der Waals surface area contributed by atoms with Crippen molar-refractivity contribution in [2.75, 3.05) is 0 Å². The molecule has 2 aromatic rings. The molecule has 0 amide bonds. The second kappa shape index (κ2) is 16.0. The van der Waals surface area contributed by atoms with Crippen LogP contribution in [0, 0.1) is 0 Å². The van der Waals surface area contributed by atoms with Gasteiger partial charge in [0.1, 0.15) is 0 Å². The summed E-state index contributed by atoms with van der Waals surface area (Å²) in [6.07, 6.45) is 21.7. The number of aryl methyl sites for hydroxylation is 2. The number of fused-ring (bicyclic) bond motifs is 1. The van der Waals surface area contributed by atoms with Gasteiger partial charge < -0.3 is 17.0 Å². The third-order valence-corrected chi connectivity index (χ3v) is 5.78. The molecule has 1 heterocycles. The molecule has 0 spiro atoms. The lowest BCUT2D eigenvalue weighted by atomic mass is 10.1. The standard InChI is InChI=1S/C25H43N2.BrH/c1-3-5-7-9-11-13-17-21-26-23-27(25-20-16-15-19-24(25)26)22-18-14-12-10-8-6-4-2;/h15-16,19-20,23H,3-14,17-18,21-22H2,1-2H3;1H/q+1;/p-1. The average molecular weight is 452 g/mol. The lowest BCUT2D eigenvalue weighted by Gasteiger charge is -2.01. The number of aromatic nitrogens is 2. The Bertz CT molecular complexity index is 568. The van der Waals surface area contributed by atoms with Gasteiger partial charge >= 0.3 is 0 Å². The Kier molecular flexibility index (Phi) is 14.4. The van der Waals surface area contributed by atoms with Crippen LogP contribution in [0.5, 0.6) is 0 Å². The third-order valence-electron chi connectivity index (χ3n) is 5.78. The van der Waals surface area contributed by atoms with Crippen LogP contribution >= 0.6 is 0 Å². The SMILES string of the molecule is CCCCCCCCCn1c[n+](CCCCCCCCC)c2ccccc21.[Br-]. The highest BCUT2D eigenvalue weighted by molar-refractivity contribution is 5.71. The Morgan fingerprint density at radius 2 is 1.21 bits per heavy atom. The Labute approximate surface area is 184 Å².